The maximum atomic E-state index is 6.25. The van der Waals surface area contributed by atoms with Crippen molar-refractivity contribution >= 4 is 0 Å². The zero-order valence-electron chi connectivity index (χ0n) is 11.5. The van der Waals surface area contributed by atoms with Gasteiger partial charge in [-0.1, -0.05) is 30.3 Å². The van der Waals surface area contributed by atoms with Crippen molar-refractivity contribution in [2.75, 3.05) is 40.3 Å². The van der Waals surface area contributed by atoms with Gasteiger partial charge in [-0.25, -0.2) is 0 Å². The molecule has 18 heavy (non-hydrogen) atoms. The van der Waals surface area contributed by atoms with Gasteiger partial charge in [-0.15, -0.1) is 0 Å². The highest BCUT2D eigenvalue weighted by molar-refractivity contribution is 5.18. The molecule has 1 saturated heterocycles. The monoisotopic (exact) mass is 247 g/mol. The summed E-state index contributed by atoms with van der Waals surface area (Å²) in [6.45, 7) is 4.56. The first-order valence-corrected chi connectivity index (χ1v) is 6.83. The molecule has 100 valence electrons. The molecular weight excluding hydrogens is 222 g/mol. The third-order valence-electron chi connectivity index (χ3n) is 3.79. The number of nitrogens with zero attached hydrogens (tertiary/aromatic N) is 2. The Bertz CT molecular complexity index is 352. The third-order valence-corrected chi connectivity index (χ3v) is 3.79. The fourth-order valence-electron chi connectivity index (χ4n) is 2.83. The molecule has 2 N–H and O–H groups in total. The predicted octanol–water partition coefficient (Wildman–Crippen LogP) is 1.57. The van der Waals surface area contributed by atoms with Gasteiger partial charge in [-0.2, -0.15) is 0 Å². The SMILES string of the molecule is CN1CCC(CN(C)CC(N)c2ccccc2)C1. The minimum Gasteiger partial charge on any atom is -0.323 e. The van der Waals surface area contributed by atoms with Crippen molar-refractivity contribution in [2.45, 2.75) is 12.5 Å². The summed E-state index contributed by atoms with van der Waals surface area (Å²) in [5, 5.41) is 0. The molecule has 0 radical (unpaired) electrons. The second kappa shape index (κ2) is 6.32. The van der Waals surface area contributed by atoms with Crippen LogP contribution in [-0.2, 0) is 0 Å². The van der Waals surface area contributed by atoms with Crippen molar-refractivity contribution in [3.8, 4) is 0 Å². The summed E-state index contributed by atoms with van der Waals surface area (Å²) >= 11 is 0. The average molecular weight is 247 g/mol. The highest BCUT2D eigenvalue weighted by Crippen LogP contribution is 2.17. The second-order valence-corrected chi connectivity index (χ2v) is 5.66. The van der Waals surface area contributed by atoms with Crippen LogP contribution in [0.2, 0.25) is 0 Å². The fourth-order valence-corrected chi connectivity index (χ4v) is 2.83. The summed E-state index contributed by atoms with van der Waals surface area (Å²) in [5.74, 6) is 0.808. The lowest BCUT2D eigenvalue weighted by atomic mass is 10.1. The molecule has 0 bridgehead atoms. The zero-order valence-corrected chi connectivity index (χ0v) is 11.5. The molecule has 2 atom stereocenters. The zero-order chi connectivity index (χ0) is 13.0. The molecule has 1 aromatic carbocycles. The van der Waals surface area contributed by atoms with Gasteiger partial charge >= 0.3 is 0 Å². The summed E-state index contributed by atoms with van der Waals surface area (Å²) in [5.41, 5.74) is 7.47. The molecule has 1 aliphatic rings. The van der Waals surface area contributed by atoms with Crippen molar-refractivity contribution in [1.82, 2.24) is 9.80 Å². The number of hydrogen-bond acceptors (Lipinski definition) is 3. The number of rotatable bonds is 5. The first kappa shape index (κ1) is 13.5. The molecule has 3 heteroatoms. The van der Waals surface area contributed by atoms with Gasteiger partial charge in [-0.3, -0.25) is 0 Å². The Morgan fingerprint density at radius 2 is 2.11 bits per heavy atom. The first-order valence-electron chi connectivity index (χ1n) is 6.83. The van der Waals surface area contributed by atoms with E-state index in [-0.39, 0.29) is 6.04 Å². The average Bonchev–Trinajstić information content (AvgIpc) is 2.75. The molecule has 1 fully saturated rings. The highest BCUT2D eigenvalue weighted by Gasteiger charge is 2.21. The van der Waals surface area contributed by atoms with Gasteiger partial charge in [0.2, 0.25) is 0 Å². The van der Waals surface area contributed by atoms with E-state index in [9.17, 15) is 0 Å². The van der Waals surface area contributed by atoms with Gasteiger partial charge < -0.3 is 15.5 Å². The van der Waals surface area contributed by atoms with E-state index in [1.165, 1.54) is 25.1 Å². The molecule has 2 rings (SSSR count). The molecule has 0 aliphatic carbocycles. The third kappa shape index (κ3) is 3.80. The van der Waals surface area contributed by atoms with Crippen LogP contribution in [0, 0.1) is 5.92 Å². The first-order chi connectivity index (χ1) is 8.65. The second-order valence-electron chi connectivity index (χ2n) is 5.66. The molecule has 0 saturated carbocycles. The van der Waals surface area contributed by atoms with Crippen LogP contribution < -0.4 is 5.73 Å². The van der Waals surface area contributed by atoms with E-state index >= 15 is 0 Å². The largest absolute Gasteiger partial charge is 0.323 e. The molecule has 3 nitrogen and oxygen atoms in total. The van der Waals surface area contributed by atoms with Crippen molar-refractivity contribution in [3.63, 3.8) is 0 Å². The maximum absolute atomic E-state index is 6.25. The Balaban J connectivity index is 1.78. The van der Waals surface area contributed by atoms with E-state index < -0.39 is 0 Å². The van der Waals surface area contributed by atoms with Crippen molar-refractivity contribution in [2.24, 2.45) is 11.7 Å². The van der Waals surface area contributed by atoms with Gasteiger partial charge in [-0.05, 0) is 38.5 Å². The molecule has 1 aliphatic heterocycles. The van der Waals surface area contributed by atoms with Crippen LogP contribution in [0.3, 0.4) is 0 Å². The Labute approximate surface area is 111 Å². The summed E-state index contributed by atoms with van der Waals surface area (Å²) in [6.07, 6.45) is 1.32. The summed E-state index contributed by atoms with van der Waals surface area (Å²) < 4.78 is 0. The molecule has 0 spiro atoms. The summed E-state index contributed by atoms with van der Waals surface area (Å²) in [4.78, 5) is 4.79. The summed E-state index contributed by atoms with van der Waals surface area (Å²) in [6, 6.07) is 10.5. The van der Waals surface area contributed by atoms with E-state index in [1.807, 2.05) is 6.07 Å². The van der Waals surface area contributed by atoms with E-state index in [0.29, 0.717) is 0 Å². The lowest BCUT2D eigenvalue weighted by Crippen LogP contribution is -2.33. The number of nitrogens with two attached hydrogens (primary N) is 1. The van der Waals surface area contributed by atoms with Crippen LogP contribution in [0.1, 0.15) is 18.0 Å². The van der Waals surface area contributed by atoms with Crippen LogP contribution in [0.5, 0.6) is 0 Å². The van der Waals surface area contributed by atoms with Crippen molar-refractivity contribution < 1.29 is 0 Å². The van der Waals surface area contributed by atoms with Gasteiger partial charge in [0.25, 0.3) is 0 Å². The van der Waals surface area contributed by atoms with E-state index in [0.717, 1.165) is 19.0 Å². The smallest absolute Gasteiger partial charge is 0.0424 e. The molecule has 2 unspecified atom stereocenters. The van der Waals surface area contributed by atoms with Crippen molar-refractivity contribution in [3.05, 3.63) is 35.9 Å². The minimum atomic E-state index is 0.121. The normalized spacial score (nSPS) is 22.6. The molecule has 1 heterocycles. The standard InChI is InChI=1S/C15H25N3/c1-17-9-8-13(10-17)11-18(2)12-15(16)14-6-4-3-5-7-14/h3-7,13,15H,8-12,16H2,1-2H3. The number of benzene rings is 1. The number of hydrogen-bond donors (Lipinski definition) is 1. The van der Waals surface area contributed by atoms with Crippen LogP contribution in [0.25, 0.3) is 0 Å². The van der Waals surface area contributed by atoms with Gasteiger partial charge in [0, 0.05) is 25.7 Å². The predicted molar refractivity (Wildman–Crippen MR) is 76.5 cm³/mol. The van der Waals surface area contributed by atoms with E-state index in [2.05, 4.69) is 48.2 Å². The Kier molecular flexibility index (Phi) is 4.75. The van der Waals surface area contributed by atoms with Gasteiger partial charge in [0.05, 0.1) is 0 Å². The number of likely N-dealkylation sites (N-methyl/N-ethyl adjacent to an activating group) is 1. The van der Waals surface area contributed by atoms with Crippen molar-refractivity contribution in [1.29, 1.82) is 0 Å². The minimum absolute atomic E-state index is 0.121. The van der Waals surface area contributed by atoms with E-state index in [1.54, 1.807) is 0 Å². The quantitative estimate of drug-likeness (QED) is 0.857. The Hall–Kier alpha value is -0.900. The molecule has 1 aromatic rings. The lowest BCUT2D eigenvalue weighted by Gasteiger charge is -2.24. The van der Waals surface area contributed by atoms with Crippen LogP contribution >= 0.6 is 0 Å². The molecule has 0 amide bonds. The Morgan fingerprint density at radius 3 is 2.72 bits per heavy atom. The van der Waals surface area contributed by atoms with Crippen LogP contribution in [-0.4, -0.2) is 50.1 Å². The fraction of sp³-hybridized carbons (Fsp3) is 0.600. The highest BCUT2D eigenvalue weighted by atomic mass is 15.2. The molecular formula is C15H25N3. The maximum Gasteiger partial charge on any atom is 0.0424 e. The Morgan fingerprint density at radius 1 is 1.39 bits per heavy atom. The van der Waals surface area contributed by atoms with Crippen LogP contribution in [0.15, 0.2) is 30.3 Å². The van der Waals surface area contributed by atoms with Crippen LogP contribution in [0.4, 0.5) is 0 Å². The lowest BCUT2D eigenvalue weighted by molar-refractivity contribution is 0.260. The van der Waals surface area contributed by atoms with Gasteiger partial charge in [0.15, 0.2) is 0 Å². The molecule has 0 aromatic heterocycles. The topological polar surface area (TPSA) is 32.5 Å². The number of likely N-dealkylation sites (tertiary alicyclic amines) is 1. The van der Waals surface area contributed by atoms with E-state index in [4.69, 9.17) is 5.73 Å². The van der Waals surface area contributed by atoms with Gasteiger partial charge in [0.1, 0.15) is 0 Å². The summed E-state index contributed by atoms with van der Waals surface area (Å²) in [7, 11) is 4.39.